The molecular formula is C22H22FN3O2. The first-order valence-corrected chi connectivity index (χ1v) is 9.42. The van der Waals surface area contributed by atoms with E-state index in [1.165, 1.54) is 12.3 Å². The minimum atomic E-state index is -0.238. The summed E-state index contributed by atoms with van der Waals surface area (Å²) in [6.45, 7) is 1.40. The lowest BCUT2D eigenvalue weighted by Gasteiger charge is -2.21. The van der Waals surface area contributed by atoms with Gasteiger partial charge in [0.05, 0.1) is 6.54 Å². The largest absolute Gasteiger partial charge is 0.447 e. The molecule has 0 aliphatic heterocycles. The molecule has 1 aliphatic rings. The molecule has 1 amide bonds. The van der Waals surface area contributed by atoms with Gasteiger partial charge in [-0.05, 0) is 24.5 Å². The number of halogens is 1. The number of carbonyl (C=O) groups is 1. The highest BCUT2D eigenvalue weighted by molar-refractivity contribution is 5.92. The van der Waals surface area contributed by atoms with Crippen LogP contribution in [-0.2, 0) is 19.6 Å². The van der Waals surface area contributed by atoms with Crippen LogP contribution in [0.15, 0.2) is 65.3 Å². The van der Waals surface area contributed by atoms with Crippen LogP contribution in [0, 0.1) is 5.82 Å². The molecule has 1 aromatic heterocycles. The fraction of sp³-hybridized carbons (Fsp3) is 0.273. The van der Waals surface area contributed by atoms with Gasteiger partial charge >= 0.3 is 0 Å². The van der Waals surface area contributed by atoms with Crippen molar-refractivity contribution in [3.05, 3.63) is 89.4 Å². The maximum Gasteiger partial charge on any atom is 0.273 e. The molecule has 3 aromatic rings. The molecule has 5 nitrogen and oxygen atoms in total. The maximum absolute atomic E-state index is 14.1. The fourth-order valence-electron chi connectivity index (χ4n) is 3.04. The van der Waals surface area contributed by atoms with E-state index < -0.39 is 0 Å². The van der Waals surface area contributed by atoms with E-state index in [2.05, 4.69) is 10.3 Å². The van der Waals surface area contributed by atoms with Gasteiger partial charge in [-0.2, -0.15) is 0 Å². The van der Waals surface area contributed by atoms with Crippen LogP contribution < -0.4 is 5.32 Å². The van der Waals surface area contributed by atoms with Crippen LogP contribution in [0.4, 0.5) is 4.39 Å². The van der Waals surface area contributed by atoms with Gasteiger partial charge in [0, 0.05) is 24.7 Å². The molecule has 0 unspecified atom stereocenters. The molecule has 2 aromatic carbocycles. The van der Waals surface area contributed by atoms with E-state index in [1.54, 1.807) is 12.1 Å². The first-order chi connectivity index (χ1) is 13.7. The summed E-state index contributed by atoms with van der Waals surface area (Å²) < 4.78 is 19.7. The van der Waals surface area contributed by atoms with Gasteiger partial charge in [-0.1, -0.05) is 48.5 Å². The minimum Gasteiger partial charge on any atom is -0.447 e. The van der Waals surface area contributed by atoms with Crippen molar-refractivity contribution in [2.45, 2.75) is 38.5 Å². The standard InChI is InChI=1S/C22H22FN3O2/c23-19-9-5-4-8-17(19)13-26(12-16-6-2-1-3-7-16)14-21-25-20(15-28-21)22(27)24-18-10-11-18/h1-9,15,18H,10-14H2,(H,24,27). The first kappa shape index (κ1) is 18.4. The van der Waals surface area contributed by atoms with Gasteiger partial charge in [0.2, 0.25) is 5.89 Å². The maximum atomic E-state index is 14.1. The van der Waals surface area contributed by atoms with E-state index in [0.29, 0.717) is 31.1 Å². The first-order valence-electron chi connectivity index (χ1n) is 9.42. The fourth-order valence-corrected chi connectivity index (χ4v) is 3.04. The number of hydrogen-bond acceptors (Lipinski definition) is 4. The number of nitrogens with zero attached hydrogens (tertiary/aromatic N) is 2. The second kappa shape index (κ2) is 8.35. The highest BCUT2D eigenvalue weighted by atomic mass is 19.1. The Morgan fingerprint density at radius 1 is 1.07 bits per heavy atom. The van der Waals surface area contributed by atoms with Crippen LogP contribution in [0.3, 0.4) is 0 Å². The van der Waals surface area contributed by atoms with E-state index in [0.717, 1.165) is 18.4 Å². The third-order valence-corrected chi connectivity index (χ3v) is 4.66. The SMILES string of the molecule is O=C(NC1CC1)c1coc(CN(Cc2ccccc2)Cc2ccccc2F)n1. The Kier molecular flexibility index (Phi) is 5.48. The quantitative estimate of drug-likeness (QED) is 0.645. The number of hydrogen-bond donors (Lipinski definition) is 1. The van der Waals surface area contributed by atoms with Gasteiger partial charge in [-0.3, -0.25) is 9.69 Å². The Bertz CT molecular complexity index is 938. The van der Waals surface area contributed by atoms with E-state index in [4.69, 9.17) is 4.42 Å². The van der Waals surface area contributed by atoms with Crippen LogP contribution in [0.1, 0.15) is 40.3 Å². The third-order valence-electron chi connectivity index (χ3n) is 4.66. The lowest BCUT2D eigenvalue weighted by Crippen LogP contribution is -2.26. The lowest BCUT2D eigenvalue weighted by molar-refractivity contribution is 0.0946. The summed E-state index contributed by atoms with van der Waals surface area (Å²) in [6.07, 6.45) is 3.42. The van der Waals surface area contributed by atoms with Crippen molar-refractivity contribution in [2.24, 2.45) is 0 Å². The zero-order valence-corrected chi connectivity index (χ0v) is 15.5. The zero-order chi connectivity index (χ0) is 19.3. The van der Waals surface area contributed by atoms with Crippen molar-refractivity contribution in [2.75, 3.05) is 0 Å². The Morgan fingerprint density at radius 2 is 1.82 bits per heavy atom. The lowest BCUT2D eigenvalue weighted by atomic mass is 10.1. The van der Waals surface area contributed by atoms with Crippen LogP contribution >= 0.6 is 0 Å². The Hall–Kier alpha value is -2.99. The molecule has 0 bridgehead atoms. The van der Waals surface area contributed by atoms with E-state index in [-0.39, 0.29) is 23.5 Å². The Labute approximate surface area is 163 Å². The second-order valence-electron chi connectivity index (χ2n) is 7.10. The Morgan fingerprint density at radius 3 is 2.57 bits per heavy atom. The van der Waals surface area contributed by atoms with Crippen molar-refractivity contribution in [3.63, 3.8) is 0 Å². The van der Waals surface area contributed by atoms with Gasteiger partial charge in [0.25, 0.3) is 5.91 Å². The molecule has 4 rings (SSSR count). The van der Waals surface area contributed by atoms with E-state index in [9.17, 15) is 9.18 Å². The number of nitrogens with one attached hydrogen (secondary N) is 1. The van der Waals surface area contributed by atoms with Crippen LogP contribution in [0.25, 0.3) is 0 Å². The monoisotopic (exact) mass is 379 g/mol. The average molecular weight is 379 g/mol. The molecule has 6 heteroatoms. The minimum absolute atomic E-state index is 0.207. The summed E-state index contributed by atoms with van der Waals surface area (Å²) in [4.78, 5) is 18.5. The molecule has 1 saturated carbocycles. The molecular weight excluding hydrogens is 357 g/mol. The molecule has 0 radical (unpaired) electrons. The van der Waals surface area contributed by atoms with Crippen molar-refractivity contribution < 1.29 is 13.6 Å². The molecule has 1 fully saturated rings. The third kappa shape index (κ3) is 4.84. The molecule has 0 atom stereocenters. The zero-order valence-electron chi connectivity index (χ0n) is 15.5. The van der Waals surface area contributed by atoms with Gasteiger partial charge in [-0.15, -0.1) is 0 Å². The topological polar surface area (TPSA) is 58.4 Å². The van der Waals surface area contributed by atoms with E-state index in [1.807, 2.05) is 41.3 Å². The van der Waals surface area contributed by atoms with Gasteiger partial charge in [0.1, 0.15) is 12.1 Å². The number of rotatable bonds is 8. The number of benzene rings is 2. The summed E-state index contributed by atoms with van der Waals surface area (Å²) >= 11 is 0. The summed E-state index contributed by atoms with van der Waals surface area (Å²) in [7, 11) is 0. The van der Waals surface area contributed by atoms with Crippen molar-refractivity contribution in [3.8, 4) is 0 Å². The Balaban J connectivity index is 1.49. The molecule has 0 saturated heterocycles. The summed E-state index contributed by atoms with van der Waals surface area (Å²) in [6, 6.07) is 17.0. The number of aromatic nitrogens is 1. The smallest absolute Gasteiger partial charge is 0.273 e. The van der Waals surface area contributed by atoms with Crippen LogP contribution in [-0.4, -0.2) is 21.8 Å². The van der Waals surface area contributed by atoms with Crippen LogP contribution in [0.2, 0.25) is 0 Å². The predicted molar refractivity (Wildman–Crippen MR) is 103 cm³/mol. The molecule has 0 spiro atoms. The van der Waals surface area contributed by atoms with E-state index >= 15 is 0 Å². The molecule has 144 valence electrons. The van der Waals surface area contributed by atoms with Crippen molar-refractivity contribution in [1.29, 1.82) is 0 Å². The molecule has 1 aliphatic carbocycles. The summed E-state index contributed by atoms with van der Waals surface area (Å²) in [5, 5.41) is 2.90. The summed E-state index contributed by atoms with van der Waals surface area (Å²) in [5.74, 6) is -0.00750. The second-order valence-corrected chi connectivity index (χ2v) is 7.10. The van der Waals surface area contributed by atoms with Crippen molar-refractivity contribution >= 4 is 5.91 Å². The number of oxazole rings is 1. The van der Waals surface area contributed by atoms with Gasteiger partial charge < -0.3 is 9.73 Å². The summed E-state index contributed by atoms with van der Waals surface area (Å²) in [5.41, 5.74) is 2.00. The molecule has 1 heterocycles. The molecule has 28 heavy (non-hydrogen) atoms. The number of amides is 1. The highest BCUT2D eigenvalue weighted by Crippen LogP contribution is 2.20. The average Bonchev–Trinajstić information content (AvgIpc) is 3.39. The van der Waals surface area contributed by atoms with Crippen LogP contribution in [0.5, 0.6) is 0 Å². The van der Waals surface area contributed by atoms with Gasteiger partial charge in [-0.25, -0.2) is 9.37 Å². The molecule has 1 N–H and O–H groups in total. The van der Waals surface area contributed by atoms with Crippen molar-refractivity contribution in [1.82, 2.24) is 15.2 Å². The normalized spacial score (nSPS) is 13.6. The number of carbonyl (C=O) groups excluding carboxylic acids is 1. The highest BCUT2D eigenvalue weighted by Gasteiger charge is 2.25. The van der Waals surface area contributed by atoms with Gasteiger partial charge in [0.15, 0.2) is 5.69 Å². The predicted octanol–water partition coefficient (Wildman–Crippen LogP) is 3.91.